The van der Waals surface area contributed by atoms with Gasteiger partial charge in [0.15, 0.2) is 0 Å². The Hall–Kier alpha value is -1.18. The van der Waals surface area contributed by atoms with Crippen molar-refractivity contribution in [3.8, 4) is 5.75 Å². The van der Waals surface area contributed by atoms with Crippen LogP contribution in [0.3, 0.4) is 0 Å². The molecule has 0 heterocycles. The third-order valence-electron chi connectivity index (χ3n) is 3.05. The van der Waals surface area contributed by atoms with E-state index in [2.05, 4.69) is 50.8 Å². The zero-order valence-electron chi connectivity index (χ0n) is 11.8. The normalized spacial score (nSPS) is 10.7. The molecule has 0 aliphatic rings. The van der Waals surface area contributed by atoms with Gasteiger partial charge in [0.1, 0.15) is 5.75 Å². The molecule has 0 aliphatic carbocycles. The fraction of sp³-hybridized carbons (Fsp3) is 0.600. The molecule has 17 heavy (non-hydrogen) atoms. The van der Waals surface area contributed by atoms with Gasteiger partial charge in [0, 0.05) is 24.8 Å². The van der Waals surface area contributed by atoms with Gasteiger partial charge < -0.3 is 9.64 Å². The lowest BCUT2D eigenvalue weighted by Crippen LogP contribution is -2.21. The van der Waals surface area contributed by atoms with Crippen molar-refractivity contribution in [1.82, 2.24) is 0 Å². The molecular weight excluding hydrogens is 210 g/mol. The summed E-state index contributed by atoms with van der Waals surface area (Å²) >= 11 is 0. The second-order valence-electron chi connectivity index (χ2n) is 4.48. The van der Waals surface area contributed by atoms with Gasteiger partial charge in [0.05, 0.1) is 6.61 Å². The van der Waals surface area contributed by atoms with Crippen LogP contribution in [-0.2, 0) is 0 Å². The first-order valence-electron chi connectivity index (χ1n) is 6.65. The maximum atomic E-state index is 5.75. The second-order valence-corrected chi connectivity index (χ2v) is 4.48. The second kappa shape index (κ2) is 6.53. The quantitative estimate of drug-likeness (QED) is 0.737. The van der Waals surface area contributed by atoms with Crippen molar-refractivity contribution >= 4 is 5.69 Å². The molecular formula is C15H25NO. The molecule has 0 fully saturated rings. The fourth-order valence-corrected chi connectivity index (χ4v) is 2.07. The molecule has 1 aromatic carbocycles. The van der Waals surface area contributed by atoms with E-state index in [0.717, 1.165) is 25.4 Å². The van der Waals surface area contributed by atoms with Gasteiger partial charge >= 0.3 is 0 Å². The lowest BCUT2D eigenvalue weighted by atomic mass is 10.0. The van der Waals surface area contributed by atoms with Gasteiger partial charge in [-0.25, -0.2) is 0 Å². The molecule has 1 rings (SSSR count). The Bertz CT molecular complexity index is 343. The highest BCUT2D eigenvalue weighted by Gasteiger charge is 2.10. The molecule has 1 aromatic rings. The summed E-state index contributed by atoms with van der Waals surface area (Å²) in [5.74, 6) is 1.54. The van der Waals surface area contributed by atoms with Crippen molar-refractivity contribution in [2.75, 3.05) is 24.6 Å². The standard InChI is InChI=1S/C15H25NO/c1-6-16(7-2)13-9-10-14(12(4)5)15(11-13)17-8-3/h9-12H,6-8H2,1-5H3. The number of rotatable bonds is 6. The van der Waals surface area contributed by atoms with E-state index in [4.69, 9.17) is 4.74 Å². The SMILES string of the molecule is CCOc1cc(N(CC)CC)ccc1C(C)C. The van der Waals surface area contributed by atoms with Gasteiger partial charge in [-0.3, -0.25) is 0 Å². The molecule has 0 saturated heterocycles. The van der Waals surface area contributed by atoms with Crippen LogP contribution >= 0.6 is 0 Å². The minimum Gasteiger partial charge on any atom is -0.494 e. The molecule has 0 radical (unpaired) electrons. The summed E-state index contributed by atoms with van der Waals surface area (Å²) in [4.78, 5) is 2.34. The van der Waals surface area contributed by atoms with E-state index in [1.54, 1.807) is 0 Å². The van der Waals surface area contributed by atoms with Crippen LogP contribution < -0.4 is 9.64 Å². The van der Waals surface area contributed by atoms with E-state index in [0.29, 0.717) is 5.92 Å². The van der Waals surface area contributed by atoms with E-state index in [1.165, 1.54) is 11.3 Å². The molecule has 0 N–H and O–H groups in total. The van der Waals surface area contributed by atoms with Crippen LogP contribution in [0, 0.1) is 0 Å². The summed E-state index contributed by atoms with van der Waals surface area (Å²) in [5.41, 5.74) is 2.55. The van der Waals surface area contributed by atoms with Gasteiger partial charge in [-0.15, -0.1) is 0 Å². The molecule has 0 unspecified atom stereocenters. The van der Waals surface area contributed by atoms with E-state index in [9.17, 15) is 0 Å². The summed E-state index contributed by atoms with van der Waals surface area (Å²) in [5, 5.41) is 0. The van der Waals surface area contributed by atoms with Crippen LogP contribution in [0.2, 0.25) is 0 Å². The molecule has 2 nitrogen and oxygen atoms in total. The predicted octanol–water partition coefficient (Wildman–Crippen LogP) is 4.05. The minimum absolute atomic E-state index is 0.502. The van der Waals surface area contributed by atoms with E-state index in [1.807, 2.05) is 6.92 Å². The van der Waals surface area contributed by atoms with Crippen LogP contribution in [0.4, 0.5) is 5.69 Å². The van der Waals surface area contributed by atoms with Crippen LogP contribution in [0.1, 0.15) is 46.1 Å². The smallest absolute Gasteiger partial charge is 0.124 e. The largest absolute Gasteiger partial charge is 0.494 e. The monoisotopic (exact) mass is 235 g/mol. The number of nitrogens with zero attached hydrogens (tertiary/aromatic N) is 1. The van der Waals surface area contributed by atoms with Crippen LogP contribution in [0.5, 0.6) is 5.75 Å². The molecule has 0 amide bonds. The van der Waals surface area contributed by atoms with E-state index >= 15 is 0 Å². The van der Waals surface area contributed by atoms with Gasteiger partial charge in [-0.1, -0.05) is 19.9 Å². The number of anilines is 1. The molecule has 2 heteroatoms. The average Bonchev–Trinajstić information content (AvgIpc) is 2.31. The third kappa shape index (κ3) is 3.39. The number of benzene rings is 1. The van der Waals surface area contributed by atoms with E-state index in [-0.39, 0.29) is 0 Å². The lowest BCUT2D eigenvalue weighted by Gasteiger charge is -2.23. The Labute approximate surface area is 106 Å². The molecule has 0 aliphatic heterocycles. The van der Waals surface area contributed by atoms with Crippen LogP contribution in [0.15, 0.2) is 18.2 Å². The molecule has 96 valence electrons. The number of hydrogen-bond acceptors (Lipinski definition) is 2. The van der Waals surface area contributed by atoms with Gasteiger partial charge in [-0.05, 0) is 38.3 Å². The first-order valence-corrected chi connectivity index (χ1v) is 6.65. The highest BCUT2D eigenvalue weighted by atomic mass is 16.5. The van der Waals surface area contributed by atoms with Crippen molar-refractivity contribution in [2.45, 2.75) is 40.5 Å². The van der Waals surface area contributed by atoms with Gasteiger partial charge in [0.25, 0.3) is 0 Å². The van der Waals surface area contributed by atoms with Crippen molar-refractivity contribution in [3.05, 3.63) is 23.8 Å². The van der Waals surface area contributed by atoms with Crippen molar-refractivity contribution in [2.24, 2.45) is 0 Å². The molecule has 0 saturated carbocycles. The zero-order chi connectivity index (χ0) is 12.8. The Kier molecular flexibility index (Phi) is 5.33. The highest BCUT2D eigenvalue weighted by Crippen LogP contribution is 2.30. The first-order chi connectivity index (χ1) is 8.13. The fourth-order valence-electron chi connectivity index (χ4n) is 2.07. The minimum atomic E-state index is 0.502. The van der Waals surface area contributed by atoms with E-state index < -0.39 is 0 Å². The molecule has 0 spiro atoms. The topological polar surface area (TPSA) is 12.5 Å². The third-order valence-corrected chi connectivity index (χ3v) is 3.05. The predicted molar refractivity (Wildman–Crippen MR) is 75.3 cm³/mol. The van der Waals surface area contributed by atoms with Crippen molar-refractivity contribution in [1.29, 1.82) is 0 Å². The van der Waals surface area contributed by atoms with Gasteiger partial charge in [-0.2, -0.15) is 0 Å². The molecule has 0 atom stereocenters. The Morgan fingerprint density at radius 3 is 2.24 bits per heavy atom. The van der Waals surface area contributed by atoms with Crippen LogP contribution in [0.25, 0.3) is 0 Å². The lowest BCUT2D eigenvalue weighted by molar-refractivity contribution is 0.335. The van der Waals surface area contributed by atoms with Crippen molar-refractivity contribution in [3.63, 3.8) is 0 Å². The van der Waals surface area contributed by atoms with Crippen LogP contribution in [-0.4, -0.2) is 19.7 Å². The zero-order valence-corrected chi connectivity index (χ0v) is 11.8. The maximum Gasteiger partial charge on any atom is 0.124 e. The first kappa shape index (κ1) is 13.9. The Morgan fingerprint density at radius 1 is 1.12 bits per heavy atom. The summed E-state index contributed by atoms with van der Waals surface area (Å²) < 4.78 is 5.75. The Morgan fingerprint density at radius 2 is 1.76 bits per heavy atom. The number of hydrogen-bond donors (Lipinski definition) is 0. The van der Waals surface area contributed by atoms with Crippen molar-refractivity contribution < 1.29 is 4.74 Å². The molecule has 0 aromatic heterocycles. The highest BCUT2D eigenvalue weighted by molar-refractivity contribution is 5.54. The number of ether oxygens (including phenoxy) is 1. The summed E-state index contributed by atoms with van der Waals surface area (Å²) in [6, 6.07) is 6.57. The summed E-state index contributed by atoms with van der Waals surface area (Å²) in [6.45, 7) is 13.6. The van der Waals surface area contributed by atoms with Gasteiger partial charge in [0.2, 0.25) is 0 Å². The maximum absolute atomic E-state index is 5.75. The summed E-state index contributed by atoms with van der Waals surface area (Å²) in [6.07, 6.45) is 0. The summed E-state index contributed by atoms with van der Waals surface area (Å²) in [7, 11) is 0. The molecule has 0 bridgehead atoms. The Balaban J connectivity index is 3.08. The average molecular weight is 235 g/mol.